The maximum atomic E-state index is 12.4. The van der Waals surface area contributed by atoms with Crippen molar-refractivity contribution >= 4 is 5.97 Å². The molecule has 0 bridgehead atoms. The van der Waals surface area contributed by atoms with E-state index in [1.807, 2.05) is 24.3 Å². The fourth-order valence-electron chi connectivity index (χ4n) is 3.12. The summed E-state index contributed by atoms with van der Waals surface area (Å²) in [4.78, 5) is 12.4. The average Bonchev–Trinajstić information content (AvgIpc) is 2.85. The van der Waals surface area contributed by atoms with Gasteiger partial charge in [0.05, 0.1) is 18.8 Å². The minimum Gasteiger partial charge on any atom is -0.494 e. The van der Waals surface area contributed by atoms with Crippen LogP contribution in [-0.4, -0.2) is 19.2 Å². The number of carbonyl (C=O) groups excluding carboxylic acids is 1. The van der Waals surface area contributed by atoms with Crippen molar-refractivity contribution in [2.24, 2.45) is 5.92 Å². The molecule has 0 spiro atoms. The van der Waals surface area contributed by atoms with E-state index in [9.17, 15) is 4.79 Å². The predicted octanol–water partition coefficient (Wildman–Crippen LogP) is 8.02. The van der Waals surface area contributed by atoms with E-state index in [2.05, 4.69) is 32.9 Å². The summed E-state index contributed by atoms with van der Waals surface area (Å²) in [6.45, 7) is 7.89. The minimum atomic E-state index is -0.388. The second kappa shape index (κ2) is 16.0. The zero-order valence-electron chi connectivity index (χ0n) is 20.6. The van der Waals surface area contributed by atoms with E-state index < -0.39 is 0 Å². The average molecular weight is 453 g/mol. The van der Waals surface area contributed by atoms with Crippen molar-refractivity contribution in [1.82, 2.24) is 0 Å². The molecular weight excluding hydrogens is 412 g/mol. The number of hydrogen-bond donors (Lipinski definition) is 0. The zero-order chi connectivity index (χ0) is 23.7. The van der Waals surface area contributed by atoms with Crippen molar-refractivity contribution in [3.63, 3.8) is 0 Å². The van der Waals surface area contributed by atoms with Crippen LogP contribution in [-0.2, 0) is 0 Å². The molecule has 0 aromatic heterocycles. The number of rotatable bonds is 16. The Morgan fingerprint density at radius 1 is 0.788 bits per heavy atom. The van der Waals surface area contributed by atoms with Crippen LogP contribution >= 0.6 is 0 Å². The highest BCUT2D eigenvalue weighted by atomic mass is 16.5. The summed E-state index contributed by atoms with van der Waals surface area (Å²) < 4.78 is 17.0. The van der Waals surface area contributed by atoms with Gasteiger partial charge in [-0.3, -0.25) is 0 Å². The van der Waals surface area contributed by atoms with Crippen molar-refractivity contribution in [3.05, 3.63) is 66.2 Å². The highest BCUT2D eigenvalue weighted by molar-refractivity contribution is 5.91. The van der Waals surface area contributed by atoms with Crippen LogP contribution in [0.2, 0.25) is 0 Å². The van der Waals surface area contributed by atoms with Crippen LogP contribution in [0.1, 0.15) is 82.5 Å². The summed E-state index contributed by atoms with van der Waals surface area (Å²) in [5.41, 5.74) is 0.493. The van der Waals surface area contributed by atoms with Crippen LogP contribution in [0.4, 0.5) is 0 Å². The molecule has 0 aliphatic rings. The summed E-state index contributed by atoms with van der Waals surface area (Å²) in [6.07, 6.45) is 14.0. The third-order valence-corrected chi connectivity index (χ3v) is 5.53. The topological polar surface area (TPSA) is 44.8 Å². The van der Waals surface area contributed by atoms with Gasteiger partial charge >= 0.3 is 5.97 Å². The molecule has 0 amide bonds. The standard InChI is InChI=1S/C29H40O4/c1-4-6-7-8-9-10-11-12-13-22-31-26-16-14-25(15-17-26)29(30)33-28-20-18-27(19-21-28)32-23-24(3)5-2/h9-10,14-21,24H,4-8,11-13,22-23H2,1-3H3/b10-9-/t24-/m0/s1. The molecule has 0 saturated carbocycles. The van der Waals surface area contributed by atoms with E-state index in [0.717, 1.165) is 37.2 Å². The van der Waals surface area contributed by atoms with Crippen LogP contribution < -0.4 is 14.2 Å². The lowest BCUT2D eigenvalue weighted by atomic mass is 10.1. The molecule has 2 rings (SSSR count). The number of unbranched alkanes of at least 4 members (excludes halogenated alkanes) is 5. The van der Waals surface area contributed by atoms with Gasteiger partial charge in [0.15, 0.2) is 0 Å². The summed E-state index contributed by atoms with van der Waals surface area (Å²) in [7, 11) is 0. The van der Waals surface area contributed by atoms with Gasteiger partial charge in [-0.1, -0.05) is 52.2 Å². The Labute approximate surface area is 200 Å². The van der Waals surface area contributed by atoms with E-state index >= 15 is 0 Å². The Balaban J connectivity index is 1.67. The molecule has 2 aromatic carbocycles. The maximum Gasteiger partial charge on any atom is 0.343 e. The molecule has 0 unspecified atom stereocenters. The normalized spacial score (nSPS) is 12.0. The Morgan fingerprint density at radius 2 is 1.36 bits per heavy atom. The first-order chi connectivity index (χ1) is 16.1. The molecule has 4 heteroatoms. The highest BCUT2D eigenvalue weighted by Gasteiger charge is 2.09. The third kappa shape index (κ3) is 11.1. The van der Waals surface area contributed by atoms with Crippen molar-refractivity contribution in [1.29, 1.82) is 0 Å². The van der Waals surface area contributed by atoms with Gasteiger partial charge in [0, 0.05) is 0 Å². The Kier molecular flexibility index (Phi) is 12.8. The minimum absolute atomic E-state index is 0.388. The van der Waals surface area contributed by atoms with E-state index in [1.165, 1.54) is 25.7 Å². The van der Waals surface area contributed by atoms with Crippen LogP contribution in [0.3, 0.4) is 0 Å². The molecule has 0 saturated heterocycles. The van der Waals surface area contributed by atoms with E-state index in [4.69, 9.17) is 14.2 Å². The third-order valence-electron chi connectivity index (χ3n) is 5.53. The lowest BCUT2D eigenvalue weighted by Crippen LogP contribution is -2.09. The number of esters is 1. The van der Waals surface area contributed by atoms with Gasteiger partial charge in [-0.2, -0.15) is 0 Å². The summed E-state index contributed by atoms with van der Waals surface area (Å²) in [6, 6.07) is 14.3. The van der Waals surface area contributed by atoms with E-state index in [1.54, 1.807) is 24.3 Å². The molecule has 2 aromatic rings. The SMILES string of the molecule is CCCCC/C=C\CCCCOc1ccc(C(=O)Oc2ccc(OC[C@@H](C)CC)cc2)cc1. The number of benzene rings is 2. The molecule has 33 heavy (non-hydrogen) atoms. The lowest BCUT2D eigenvalue weighted by Gasteiger charge is -2.11. The van der Waals surface area contributed by atoms with Gasteiger partial charge in [-0.15, -0.1) is 0 Å². The van der Waals surface area contributed by atoms with Gasteiger partial charge in [0.2, 0.25) is 0 Å². The number of ether oxygens (including phenoxy) is 3. The molecule has 4 nitrogen and oxygen atoms in total. The van der Waals surface area contributed by atoms with E-state index in [-0.39, 0.29) is 5.97 Å². The second-order valence-electron chi connectivity index (χ2n) is 8.52. The largest absolute Gasteiger partial charge is 0.494 e. The van der Waals surface area contributed by atoms with Crippen molar-refractivity contribution in [2.45, 2.75) is 72.1 Å². The number of hydrogen-bond acceptors (Lipinski definition) is 4. The Hall–Kier alpha value is -2.75. The fraction of sp³-hybridized carbons (Fsp3) is 0.483. The zero-order valence-corrected chi connectivity index (χ0v) is 20.6. The Morgan fingerprint density at radius 3 is 2.00 bits per heavy atom. The first-order valence-corrected chi connectivity index (χ1v) is 12.4. The second-order valence-corrected chi connectivity index (χ2v) is 8.52. The molecule has 0 radical (unpaired) electrons. The molecular formula is C29H40O4. The van der Waals surface area contributed by atoms with Crippen LogP contribution in [0.5, 0.6) is 17.2 Å². The highest BCUT2D eigenvalue weighted by Crippen LogP contribution is 2.20. The number of carbonyl (C=O) groups is 1. The van der Waals surface area contributed by atoms with Gasteiger partial charge in [-0.25, -0.2) is 4.79 Å². The fourth-order valence-corrected chi connectivity index (χ4v) is 3.12. The smallest absolute Gasteiger partial charge is 0.343 e. The first-order valence-electron chi connectivity index (χ1n) is 12.4. The van der Waals surface area contributed by atoms with Gasteiger partial charge in [-0.05, 0) is 86.6 Å². The summed E-state index contributed by atoms with van der Waals surface area (Å²) >= 11 is 0. The molecule has 0 aliphatic heterocycles. The molecule has 0 aliphatic carbocycles. The van der Waals surface area contributed by atoms with E-state index in [0.29, 0.717) is 30.4 Å². The summed E-state index contributed by atoms with van der Waals surface area (Å²) in [5, 5.41) is 0. The first kappa shape index (κ1) is 26.5. The summed E-state index contributed by atoms with van der Waals surface area (Å²) in [5.74, 6) is 2.16. The molecule has 0 heterocycles. The molecule has 0 fully saturated rings. The lowest BCUT2D eigenvalue weighted by molar-refractivity contribution is 0.0734. The Bertz CT molecular complexity index is 809. The molecule has 1 atom stereocenters. The van der Waals surface area contributed by atoms with Crippen LogP contribution in [0.15, 0.2) is 60.7 Å². The molecule has 180 valence electrons. The van der Waals surface area contributed by atoms with Crippen molar-refractivity contribution in [3.8, 4) is 17.2 Å². The van der Waals surface area contributed by atoms with Crippen molar-refractivity contribution in [2.75, 3.05) is 13.2 Å². The predicted molar refractivity (Wildman–Crippen MR) is 135 cm³/mol. The monoisotopic (exact) mass is 452 g/mol. The quantitative estimate of drug-likeness (QED) is 0.112. The molecule has 0 N–H and O–H groups in total. The van der Waals surface area contributed by atoms with Crippen molar-refractivity contribution < 1.29 is 19.0 Å². The number of allylic oxidation sites excluding steroid dienone is 2. The van der Waals surface area contributed by atoms with Gasteiger partial charge in [0.25, 0.3) is 0 Å². The van der Waals surface area contributed by atoms with Gasteiger partial charge in [0.1, 0.15) is 17.2 Å². The van der Waals surface area contributed by atoms with Crippen LogP contribution in [0, 0.1) is 5.92 Å². The van der Waals surface area contributed by atoms with Crippen LogP contribution in [0.25, 0.3) is 0 Å². The van der Waals surface area contributed by atoms with Gasteiger partial charge < -0.3 is 14.2 Å². The maximum absolute atomic E-state index is 12.4.